The van der Waals surface area contributed by atoms with Gasteiger partial charge in [-0.25, -0.2) is 0 Å². The van der Waals surface area contributed by atoms with Gasteiger partial charge in [-0.2, -0.15) is 6.42 Å². The molecule has 0 saturated carbocycles. The van der Waals surface area contributed by atoms with E-state index in [9.17, 15) is 4.79 Å². The summed E-state index contributed by atoms with van der Waals surface area (Å²) in [6, 6.07) is 0. The van der Waals surface area contributed by atoms with Crippen LogP contribution in [0.3, 0.4) is 0 Å². The van der Waals surface area contributed by atoms with Crippen LogP contribution in [0.4, 0.5) is 0 Å². The van der Waals surface area contributed by atoms with Crippen molar-refractivity contribution in [3.8, 4) is 0 Å². The molecule has 0 rings (SSSR count). The minimum Gasteiger partial charge on any atom is -0.542 e. The van der Waals surface area contributed by atoms with Crippen LogP contribution >= 0.6 is 0 Å². The molecule has 0 aromatic rings. The molecule has 0 aliphatic carbocycles. The maximum atomic E-state index is 9.55. The van der Waals surface area contributed by atoms with Crippen molar-refractivity contribution in [2.24, 2.45) is 0 Å². The van der Waals surface area contributed by atoms with Gasteiger partial charge in [0.25, 0.3) is 0 Å². The summed E-state index contributed by atoms with van der Waals surface area (Å²) in [4.78, 5) is 9.55. The molecule has 0 N–H and O–H groups in total. The Morgan fingerprint density at radius 1 is 1.38 bits per heavy atom. The van der Waals surface area contributed by atoms with Crippen LogP contribution in [0.15, 0.2) is 0 Å². The van der Waals surface area contributed by atoms with E-state index in [4.69, 9.17) is 0 Å². The standard InChI is InChI=1S/C6H11O.Fe/c1-2-3-4-5-6-7;/h2-5H2,1H3;/q-1;. The Morgan fingerprint density at radius 3 is 2.38 bits per heavy atom. The zero-order valence-electron chi connectivity index (χ0n) is 5.09. The number of hydrogen-bond acceptors (Lipinski definition) is 1. The van der Waals surface area contributed by atoms with E-state index < -0.39 is 0 Å². The molecule has 0 amide bonds. The molecule has 0 unspecified atom stereocenters. The van der Waals surface area contributed by atoms with Crippen molar-refractivity contribution in [2.75, 3.05) is 0 Å². The zero-order chi connectivity index (χ0) is 5.54. The van der Waals surface area contributed by atoms with Gasteiger partial charge in [0.15, 0.2) is 0 Å². The molecule has 0 aliphatic heterocycles. The molecule has 0 aromatic carbocycles. The molecule has 50 valence electrons. The van der Waals surface area contributed by atoms with Gasteiger partial charge in [0.1, 0.15) is 0 Å². The van der Waals surface area contributed by atoms with Crippen LogP contribution in [0.5, 0.6) is 0 Å². The first-order valence-electron chi connectivity index (χ1n) is 2.76. The molecule has 0 radical (unpaired) electrons. The number of unbranched alkanes of at least 4 members (excludes halogenated alkanes) is 3. The largest absolute Gasteiger partial charge is 0.542 e. The molecular weight excluding hydrogens is 144 g/mol. The molecule has 0 atom stereocenters. The number of hydrogen-bond donors (Lipinski definition) is 0. The van der Waals surface area contributed by atoms with E-state index in [1.807, 2.05) is 6.29 Å². The van der Waals surface area contributed by atoms with Crippen LogP contribution in [0.25, 0.3) is 0 Å². The van der Waals surface area contributed by atoms with E-state index >= 15 is 0 Å². The summed E-state index contributed by atoms with van der Waals surface area (Å²) < 4.78 is 0. The maximum absolute atomic E-state index is 9.55. The predicted molar refractivity (Wildman–Crippen MR) is 29.8 cm³/mol. The molecule has 0 saturated heterocycles. The Hall–Kier alpha value is 0.189. The van der Waals surface area contributed by atoms with Crippen LogP contribution in [0.1, 0.15) is 32.6 Å². The van der Waals surface area contributed by atoms with Gasteiger partial charge >= 0.3 is 0 Å². The van der Waals surface area contributed by atoms with Crippen molar-refractivity contribution in [1.29, 1.82) is 0 Å². The van der Waals surface area contributed by atoms with Gasteiger partial charge < -0.3 is 4.79 Å². The van der Waals surface area contributed by atoms with Crippen LogP contribution in [0, 0.1) is 0 Å². The van der Waals surface area contributed by atoms with Crippen LogP contribution < -0.4 is 0 Å². The topological polar surface area (TPSA) is 17.1 Å². The minimum absolute atomic E-state index is 0. The molecule has 0 fully saturated rings. The van der Waals surface area contributed by atoms with Gasteiger partial charge in [-0.15, -0.1) is 0 Å². The van der Waals surface area contributed by atoms with Gasteiger partial charge in [0.2, 0.25) is 0 Å². The van der Waals surface area contributed by atoms with Crippen molar-refractivity contribution < 1.29 is 21.9 Å². The van der Waals surface area contributed by atoms with Gasteiger partial charge in [-0.05, 0) is 0 Å². The first-order chi connectivity index (χ1) is 3.41. The Kier molecular flexibility index (Phi) is 14.1. The second kappa shape index (κ2) is 10.2. The fraction of sp³-hybridized carbons (Fsp3) is 0.833. The van der Waals surface area contributed by atoms with E-state index in [2.05, 4.69) is 6.92 Å². The summed E-state index contributed by atoms with van der Waals surface area (Å²) in [7, 11) is 0. The molecular formula is C6H11FeO-. The molecule has 0 spiro atoms. The predicted octanol–water partition coefficient (Wildman–Crippen LogP) is 1.67. The summed E-state index contributed by atoms with van der Waals surface area (Å²) in [5.41, 5.74) is 0. The quantitative estimate of drug-likeness (QED) is 0.343. The Morgan fingerprint density at radius 2 is 2.00 bits per heavy atom. The fourth-order valence-electron chi connectivity index (χ4n) is 0.447. The van der Waals surface area contributed by atoms with Crippen molar-refractivity contribution in [3.63, 3.8) is 0 Å². The van der Waals surface area contributed by atoms with Gasteiger partial charge in [-0.1, -0.05) is 26.2 Å². The van der Waals surface area contributed by atoms with Gasteiger partial charge in [0.05, 0.1) is 0 Å². The molecule has 0 bridgehead atoms. The van der Waals surface area contributed by atoms with Crippen LogP contribution in [-0.2, 0) is 21.9 Å². The first kappa shape index (κ1) is 11.0. The molecule has 0 aliphatic rings. The third-order valence-corrected chi connectivity index (χ3v) is 0.882. The monoisotopic (exact) mass is 155 g/mol. The van der Waals surface area contributed by atoms with E-state index in [0.717, 1.165) is 12.8 Å². The second-order valence-corrected chi connectivity index (χ2v) is 1.60. The molecule has 0 aromatic heterocycles. The van der Waals surface area contributed by atoms with E-state index in [-0.39, 0.29) is 17.1 Å². The molecule has 8 heavy (non-hydrogen) atoms. The van der Waals surface area contributed by atoms with E-state index in [1.54, 1.807) is 0 Å². The summed E-state index contributed by atoms with van der Waals surface area (Å²) in [5, 5.41) is 0. The third kappa shape index (κ3) is 9.50. The Labute approximate surface area is 61.3 Å². The normalized spacial score (nSPS) is 7.62. The second-order valence-electron chi connectivity index (χ2n) is 1.60. The average molecular weight is 155 g/mol. The van der Waals surface area contributed by atoms with E-state index in [0.29, 0.717) is 6.42 Å². The zero-order valence-corrected chi connectivity index (χ0v) is 6.19. The summed E-state index contributed by atoms with van der Waals surface area (Å²) >= 11 is 0. The molecule has 0 heterocycles. The van der Waals surface area contributed by atoms with Crippen LogP contribution in [-0.4, -0.2) is 6.29 Å². The summed E-state index contributed by atoms with van der Waals surface area (Å²) in [6.07, 6.45) is 5.83. The van der Waals surface area contributed by atoms with Crippen molar-refractivity contribution in [1.82, 2.24) is 0 Å². The maximum Gasteiger partial charge on any atom is 0 e. The fourth-order valence-corrected chi connectivity index (χ4v) is 0.447. The van der Waals surface area contributed by atoms with Crippen molar-refractivity contribution in [3.05, 3.63) is 0 Å². The van der Waals surface area contributed by atoms with E-state index in [1.165, 1.54) is 6.42 Å². The molecule has 1 nitrogen and oxygen atoms in total. The Bertz CT molecular complexity index is 45.8. The number of rotatable bonds is 4. The third-order valence-electron chi connectivity index (χ3n) is 0.882. The van der Waals surface area contributed by atoms with Crippen molar-refractivity contribution >= 4 is 6.29 Å². The molecule has 2 heteroatoms. The Balaban J connectivity index is 0. The first-order valence-corrected chi connectivity index (χ1v) is 2.76. The number of carbonyl (C=O) groups excluding carboxylic acids is 1. The summed E-state index contributed by atoms with van der Waals surface area (Å²) in [6.45, 7) is 2.12. The minimum atomic E-state index is 0. The summed E-state index contributed by atoms with van der Waals surface area (Å²) in [5.74, 6) is 0. The van der Waals surface area contributed by atoms with Crippen LogP contribution in [0.2, 0.25) is 0 Å². The SMILES string of the molecule is CCCCC[C-]=O.[Fe]. The van der Waals surface area contributed by atoms with Crippen molar-refractivity contribution in [2.45, 2.75) is 32.6 Å². The van der Waals surface area contributed by atoms with Gasteiger partial charge in [0, 0.05) is 17.1 Å². The van der Waals surface area contributed by atoms with Gasteiger partial charge in [-0.3, -0.25) is 6.29 Å². The average Bonchev–Trinajstić information content (AvgIpc) is 1.69. The smallest absolute Gasteiger partial charge is 0 e.